The number of hydrogen-bond donors (Lipinski definition) is 1. The minimum Gasteiger partial charge on any atom is -0.367 e. The van der Waals surface area contributed by atoms with Crippen LogP contribution < -0.4 is 10.6 Å². The molecule has 0 aromatic heterocycles. The van der Waals surface area contributed by atoms with E-state index in [-0.39, 0.29) is 6.04 Å². The van der Waals surface area contributed by atoms with Gasteiger partial charge in [0.2, 0.25) is 0 Å². The van der Waals surface area contributed by atoms with Crippen LogP contribution in [-0.2, 0) is 6.54 Å². The summed E-state index contributed by atoms with van der Waals surface area (Å²) in [6.45, 7) is 10.6. The lowest BCUT2D eigenvalue weighted by Gasteiger charge is -2.28. The van der Waals surface area contributed by atoms with Gasteiger partial charge in [-0.3, -0.25) is 0 Å². The molecule has 1 atom stereocenters. The van der Waals surface area contributed by atoms with Crippen LogP contribution in [0.15, 0.2) is 42.5 Å². The Bertz CT molecular complexity index is 619. The van der Waals surface area contributed by atoms with Gasteiger partial charge in [0, 0.05) is 24.8 Å². The van der Waals surface area contributed by atoms with E-state index in [2.05, 4.69) is 75.1 Å². The van der Waals surface area contributed by atoms with Crippen molar-refractivity contribution in [2.24, 2.45) is 5.73 Å². The molecular formula is C20H28N2. The molecule has 0 saturated heterocycles. The fourth-order valence-corrected chi connectivity index (χ4v) is 2.91. The molecule has 0 aliphatic carbocycles. The van der Waals surface area contributed by atoms with E-state index < -0.39 is 0 Å². The van der Waals surface area contributed by atoms with Gasteiger partial charge in [-0.2, -0.15) is 0 Å². The summed E-state index contributed by atoms with van der Waals surface area (Å²) < 4.78 is 0. The summed E-state index contributed by atoms with van der Waals surface area (Å²) in [6, 6.07) is 15.3. The molecule has 2 aromatic rings. The van der Waals surface area contributed by atoms with E-state index in [0.29, 0.717) is 0 Å². The van der Waals surface area contributed by atoms with E-state index in [1.54, 1.807) is 0 Å². The van der Waals surface area contributed by atoms with Gasteiger partial charge in [0.05, 0.1) is 0 Å². The maximum absolute atomic E-state index is 6.30. The Labute approximate surface area is 135 Å². The van der Waals surface area contributed by atoms with Gasteiger partial charge in [-0.1, -0.05) is 48.9 Å². The number of nitrogens with zero attached hydrogens (tertiary/aromatic N) is 1. The Balaban J connectivity index is 2.32. The highest BCUT2D eigenvalue weighted by molar-refractivity contribution is 5.55. The first kappa shape index (κ1) is 16.6. The summed E-state index contributed by atoms with van der Waals surface area (Å²) in [4.78, 5) is 2.42. The summed E-state index contributed by atoms with van der Waals surface area (Å²) in [7, 11) is 0. The second kappa shape index (κ2) is 7.46. The van der Waals surface area contributed by atoms with E-state index in [1.807, 2.05) is 0 Å². The highest BCUT2D eigenvalue weighted by Crippen LogP contribution is 2.28. The summed E-state index contributed by atoms with van der Waals surface area (Å²) in [5.41, 5.74) is 12.9. The number of aryl methyl sites for hydroxylation is 2. The SMILES string of the molecule is CCC(N)c1ccccc1N(CC)Cc1ccc(C)cc1C. The third-order valence-electron chi connectivity index (χ3n) is 4.36. The van der Waals surface area contributed by atoms with Crippen LogP contribution in [0.3, 0.4) is 0 Å². The molecule has 0 aliphatic rings. The smallest absolute Gasteiger partial charge is 0.0432 e. The molecule has 1 unspecified atom stereocenters. The summed E-state index contributed by atoms with van der Waals surface area (Å²) in [6.07, 6.45) is 0.956. The van der Waals surface area contributed by atoms with Crippen LogP contribution in [0.5, 0.6) is 0 Å². The van der Waals surface area contributed by atoms with Crippen LogP contribution >= 0.6 is 0 Å². The first-order chi connectivity index (χ1) is 10.6. The van der Waals surface area contributed by atoms with Gasteiger partial charge in [-0.25, -0.2) is 0 Å². The van der Waals surface area contributed by atoms with Crippen molar-refractivity contribution < 1.29 is 0 Å². The Morgan fingerprint density at radius 2 is 1.77 bits per heavy atom. The number of hydrogen-bond acceptors (Lipinski definition) is 2. The lowest BCUT2D eigenvalue weighted by molar-refractivity contribution is 0.689. The van der Waals surface area contributed by atoms with Gasteiger partial charge >= 0.3 is 0 Å². The lowest BCUT2D eigenvalue weighted by Crippen LogP contribution is -2.25. The molecule has 0 bridgehead atoms. The monoisotopic (exact) mass is 296 g/mol. The minimum absolute atomic E-state index is 0.101. The second-order valence-electron chi connectivity index (χ2n) is 6.02. The zero-order valence-corrected chi connectivity index (χ0v) is 14.3. The average Bonchev–Trinajstić information content (AvgIpc) is 2.53. The van der Waals surface area contributed by atoms with E-state index in [1.165, 1.54) is 27.9 Å². The van der Waals surface area contributed by atoms with Crippen LogP contribution in [0.1, 0.15) is 48.6 Å². The number of benzene rings is 2. The largest absolute Gasteiger partial charge is 0.367 e. The van der Waals surface area contributed by atoms with Crippen molar-refractivity contribution >= 4 is 5.69 Å². The summed E-state index contributed by atoms with van der Waals surface area (Å²) in [5, 5.41) is 0. The maximum Gasteiger partial charge on any atom is 0.0432 e. The van der Waals surface area contributed by atoms with Gasteiger partial charge in [0.1, 0.15) is 0 Å². The third kappa shape index (κ3) is 3.69. The third-order valence-corrected chi connectivity index (χ3v) is 4.36. The lowest BCUT2D eigenvalue weighted by atomic mass is 10.0. The zero-order chi connectivity index (χ0) is 16.1. The van der Waals surface area contributed by atoms with Gasteiger partial charge in [-0.15, -0.1) is 0 Å². The van der Waals surface area contributed by atoms with Crippen LogP contribution in [-0.4, -0.2) is 6.54 Å². The number of nitrogens with two attached hydrogens (primary N) is 1. The van der Waals surface area contributed by atoms with Crippen molar-refractivity contribution in [3.8, 4) is 0 Å². The van der Waals surface area contributed by atoms with Crippen molar-refractivity contribution in [2.45, 2.75) is 46.7 Å². The molecule has 2 rings (SSSR count). The van der Waals surface area contributed by atoms with Crippen molar-refractivity contribution in [2.75, 3.05) is 11.4 Å². The predicted octanol–water partition coefficient (Wildman–Crippen LogP) is 4.74. The van der Waals surface area contributed by atoms with E-state index in [4.69, 9.17) is 5.73 Å². The molecule has 2 heteroatoms. The molecule has 0 radical (unpaired) electrons. The molecule has 22 heavy (non-hydrogen) atoms. The number of para-hydroxylation sites is 1. The van der Waals surface area contributed by atoms with Crippen LogP contribution in [0, 0.1) is 13.8 Å². The first-order valence-electron chi connectivity index (χ1n) is 8.22. The molecule has 2 nitrogen and oxygen atoms in total. The van der Waals surface area contributed by atoms with Crippen LogP contribution in [0.25, 0.3) is 0 Å². The molecule has 0 fully saturated rings. The van der Waals surface area contributed by atoms with E-state index >= 15 is 0 Å². The topological polar surface area (TPSA) is 29.3 Å². The minimum atomic E-state index is 0.101. The standard InChI is InChI=1S/C20H28N2/c1-5-19(21)18-9-7-8-10-20(18)22(6-2)14-17-12-11-15(3)13-16(17)4/h7-13,19H,5-6,14,21H2,1-4H3. The van der Waals surface area contributed by atoms with Crippen molar-refractivity contribution in [1.82, 2.24) is 0 Å². The van der Waals surface area contributed by atoms with Gasteiger partial charge in [0.25, 0.3) is 0 Å². The highest BCUT2D eigenvalue weighted by atomic mass is 15.1. The maximum atomic E-state index is 6.30. The Kier molecular flexibility index (Phi) is 5.62. The van der Waals surface area contributed by atoms with Gasteiger partial charge in [-0.05, 0) is 49.9 Å². The van der Waals surface area contributed by atoms with Crippen molar-refractivity contribution in [3.63, 3.8) is 0 Å². The Morgan fingerprint density at radius 1 is 1.05 bits per heavy atom. The van der Waals surface area contributed by atoms with Crippen molar-refractivity contribution in [1.29, 1.82) is 0 Å². The quantitative estimate of drug-likeness (QED) is 0.834. The Morgan fingerprint density at radius 3 is 2.41 bits per heavy atom. The summed E-state index contributed by atoms with van der Waals surface area (Å²) in [5.74, 6) is 0. The molecule has 0 heterocycles. The molecule has 0 spiro atoms. The Hall–Kier alpha value is -1.80. The van der Waals surface area contributed by atoms with E-state index in [9.17, 15) is 0 Å². The van der Waals surface area contributed by atoms with Crippen molar-refractivity contribution in [3.05, 3.63) is 64.7 Å². The van der Waals surface area contributed by atoms with Gasteiger partial charge in [0.15, 0.2) is 0 Å². The van der Waals surface area contributed by atoms with E-state index in [0.717, 1.165) is 19.5 Å². The predicted molar refractivity (Wildman–Crippen MR) is 96.3 cm³/mol. The molecule has 0 saturated carbocycles. The molecular weight excluding hydrogens is 268 g/mol. The second-order valence-corrected chi connectivity index (χ2v) is 6.02. The molecule has 118 valence electrons. The number of rotatable bonds is 6. The van der Waals surface area contributed by atoms with Gasteiger partial charge < -0.3 is 10.6 Å². The summed E-state index contributed by atoms with van der Waals surface area (Å²) >= 11 is 0. The molecule has 0 aliphatic heterocycles. The average molecular weight is 296 g/mol. The molecule has 2 N–H and O–H groups in total. The molecule has 0 amide bonds. The zero-order valence-electron chi connectivity index (χ0n) is 14.3. The molecule has 2 aromatic carbocycles. The van der Waals surface area contributed by atoms with Crippen LogP contribution in [0.4, 0.5) is 5.69 Å². The fraction of sp³-hybridized carbons (Fsp3) is 0.400. The number of anilines is 1. The first-order valence-corrected chi connectivity index (χ1v) is 8.22. The van der Waals surface area contributed by atoms with Crippen LogP contribution in [0.2, 0.25) is 0 Å². The fourth-order valence-electron chi connectivity index (χ4n) is 2.91. The highest BCUT2D eigenvalue weighted by Gasteiger charge is 2.14. The normalized spacial score (nSPS) is 12.2.